The monoisotopic (exact) mass is 124 g/mol. The van der Waals surface area contributed by atoms with Gasteiger partial charge in [0.15, 0.2) is 0 Å². The van der Waals surface area contributed by atoms with Crippen LogP contribution in [0.3, 0.4) is 0 Å². The zero-order valence-electron chi connectivity index (χ0n) is 4.53. The molecule has 1 atom stereocenters. The summed E-state index contributed by atoms with van der Waals surface area (Å²) in [5.41, 5.74) is 0. The normalized spacial score (nSPS) is 7.00. The van der Waals surface area contributed by atoms with Gasteiger partial charge in [0.1, 0.15) is 0 Å². The average molecular weight is 124 g/mol. The number of thioether (sulfide) groups is 1. The van der Waals surface area contributed by atoms with Crippen LogP contribution in [0.25, 0.3) is 0 Å². The highest BCUT2D eigenvalue weighted by Gasteiger charge is 1.67. The second kappa shape index (κ2) is 9.24. The molecule has 0 aromatic carbocycles. The smallest absolute Gasteiger partial charge is 0.00961 e. The highest BCUT2D eigenvalue weighted by molar-refractivity contribution is 7.99. The summed E-state index contributed by atoms with van der Waals surface area (Å²) in [4.78, 5) is 0. The third kappa shape index (κ3) is 8.84. The number of hydrogen-bond acceptors (Lipinski definition) is 1. The van der Waals surface area contributed by atoms with Gasteiger partial charge in [-0.05, 0) is 11.5 Å². The van der Waals surface area contributed by atoms with Crippen LogP contribution in [0.2, 0.25) is 0 Å². The predicted octanol–water partition coefficient (Wildman–Crippen LogP) is 1.82. The Morgan fingerprint density at radius 3 is 1.50 bits per heavy atom. The second-order valence-corrected chi connectivity index (χ2v) is 2.34. The van der Waals surface area contributed by atoms with Crippen molar-refractivity contribution in [1.82, 2.24) is 0 Å². The van der Waals surface area contributed by atoms with Crippen LogP contribution >= 0.6 is 21.7 Å². The first-order chi connectivity index (χ1) is 2.41. The minimum Gasteiger partial charge on any atom is -0.163 e. The maximum absolute atomic E-state index is 2.17. The third-order valence-electron chi connectivity index (χ3n) is 0.408. The van der Waals surface area contributed by atoms with Gasteiger partial charge in [0.2, 0.25) is 0 Å². The molecule has 0 heterocycles. The Morgan fingerprint density at radius 1 is 1.17 bits per heavy atom. The van der Waals surface area contributed by atoms with Gasteiger partial charge in [-0.2, -0.15) is 21.7 Å². The quantitative estimate of drug-likeness (QED) is 0.506. The molecular weight excluding hydrogens is 111 g/mol. The Hall–Kier alpha value is 0.780. The molecule has 2 heteroatoms. The van der Waals surface area contributed by atoms with Gasteiger partial charge in [-0.25, -0.2) is 0 Å². The Kier molecular flexibility index (Phi) is 15.3. The summed E-state index contributed by atoms with van der Waals surface area (Å²) < 4.78 is 0. The molecule has 0 aliphatic rings. The van der Waals surface area contributed by atoms with Gasteiger partial charge >= 0.3 is 0 Å². The Labute approximate surface area is 47.7 Å². The molecule has 0 aliphatic carbocycles. The van der Waals surface area contributed by atoms with Crippen LogP contribution in [-0.2, 0) is 0 Å². The SMILES string of the molecule is CCSCC.P. The fraction of sp³-hybridized carbons (Fsp3) is 1.00. The largest absolute Gasteiger partial charge is 0.163 e. The van der Waals surface area contributed by atoms with E-state index in [-0.39, 0.29) is 9.90 Å². The van der Waals surface area contributed by atoms with E-state index in [0.717, 1.165) is 0 Å². The van der Waals surface area contributed by atoms with E-state index in [1.54, 1.807) is 0 Å². The molecule has 0 bridgehead atoms. The van der Waals surface area contributed by atoms with Crippen LogP contribution in [0, 0.1) is 0 Å². The van der Waals surface area contributed by atoms with Crippen molar-refractivity contribution in [3.8, 4) is 0 Å². The topological polar surface area (TPSA) is 0 Å². The van der Waals surface area contributed by atoms with Gasteiger partial charge in [-0.3, -0.25) is 0 Å². The van der Waals surface area contributed by atoms with Crippen LogP contribution in [0.4, 0.5) is 0 Å². The molecule has 6 heavy (non-hydrogen) atoms. The lowest BCUT2D eigenvalue weighted by Gasteiger charge is -1.80. The van der Waals surface area contributed by atoms with Crippen molar-refractivity contribution < 1.29 is 0 Å². The lowest BCUT2D eigenvalue weighted by Crippen LogP contribution is -1.64. The van der Waals surface area contributed by atoms with E-state index in [9.17, 15) is 0 Å². The summed E-state index contributed by atoms with van der Waals surface area (Å²) >= 11 is 1.96. The minimum atomic E-state index is 0. The maximum Gasteiger partial charge on any atom is -0.00961 e. The highest BCUT2D eigenvalue weighted by Crippen LogP contribution is 1.93. The lowest BCUT2D eigenvalue weighted by atomic mass is 11.0. The molecular formula is C4H13PS. The Morgan fingerprint density at radius 2 is 1.50 bits per heavy atom. The first-order valence-corrected chi connectivity index (χ1v) is 3.15. The van der Waals surface area contributed by atoms with Gasteiger partial charge < -0.3 is 0 Å². The van der Waals surface area contributed by atoms with E-state index in [4.69, 9.17) is 0 Å². The molecule has 0 aromatic rings. The molecule has 1 unspecified atom stereocenters. The van der Waals surface area contributed by atoms with Gasteiger partial charge in [0.05, 0.1) is 0 Å². The highest BCUT2D eigenvalue weighted by atomic mass is 32.2. The second-order valence-electron chi connectivity index (χ2n) is 0.781. The van der Waals surface area contributed by atoms with Crippen molar-refractivity contribution in [3.05, 3.63) is 0 Å². The minimum absolute atomic E-state index is 0. The fourth-order valence-corrected chi connectivity index (χ4v) is 0.612. The van der Waals surface area contributed by atoms with Crippen molar-refractivity contribution in [2.24, 2.45) is 0 Å². The van der Waals surface area contributed by atoms with E-state index in [2.05, 4.69) is 13.8 Å². The first-order valence-electron chi connectivity index (χ1n) is 1.99. The summed E-state index contributed by atoms with van der Waals surface area (Å²) in [7, 11) is 0. The standard InChI is InChI=1S/C4H10S.H3P/c1-3-5-4-2;/h3-4H2,1-2H3;1H3. The molecule has 0 amide bonds. The van der Waals surface area contributed by atoms with E-state index < -0.39 is 0 Å². The summed E-state index contributed by atoms with van der Waals surface area (Å²) in [6.45, 7) is 4.35. The zero-order chi connectivity index (χ0) is 4.12. The van der Waals surface area contributed by atoms with Crippen molar-refractivity contribution >= 4 is 21.7 Å². The Balaban J connectivity index is 0. The van der Waals surface area contributed by atoms with Crippen LogP contribution in [0.15, 0.2) is 0 Å². The van der Waals surface area contributed by atoms with Crippen molar-refractivity contribution in [3.63, 3.8) is 0 Å². The molecule has 0 aromatic heterocycles. The molecule has 0 fully saturated rings. The van der Waals surface area contributed by atoms with E-state index in [0.29, 0.717) is 0 Å². The van der Waals surface area contributed by atoms with Gasteiger partial charge in [0, 0.05) is 0 Å². The number of hydrogen-bond donors (Lipinski definition) is 0. The van der Waals surface area contributed by atoms with Gasteiger partial charge in [-0.1, -0.05) is 13.8 Å². The molecule has 0 N–H and O–H groups in total. The lowest BCUT2D eigenvalue weighted by molar-refractivity contribution is 1.46. The molecule has 0 nitrogen and oxygen atoms in total. The summed E-state index contributed by atoms with van der Waals surface area (Å²) in [6.07, 6.45) is 0. The van der Waals surface area contributed by atoms with Crippen molar-refractivity contribution in [2.45, 2.75) is 13.8 Å². The van der Waals surface area contributed by atoms with Gasteiger partial charge in [0.25, 0.3) is 0 Å². The van der Waals surface area contributed by atoms with Gasteiger partial charge in [-0.15, -0.1) is 0 Å². The fourth-order valence-electron chi connectivity index (χ4n) is 0.204. The van der Waals surface area contributed by atoms with Crippen LogP contribution in [0.5, 0.6) is 0 Å². The summed E-state index contributed by atoms with van der Waals surface area (Å²) in [6, 6.07) is 0. The molecule has 0 spiro atoms. The Bertz CT molecular complexity index is 15.0. The van der Waals surface area contributed by atoms with Crippen LogP contribution in [-0.4, -0.2) is 11.5 Å². The van der Waals surface area contributed by atoms with Crippen molar-refractivity contribution in [2.75, 3.05) is 11.5 Å². The molecule has 40 valence electrons. The summed E-state index contributed by atoms with van der Waals surface area (Å²) in [5, 5.41) is 0. The van der Waals surface area contributed by atoms with Crippen molar-refractivity contribution in [1.29, 1.82) is 0 Å². The van der Waals surface area contributed by atoms with Crippen LogP contribution < -0.4 is 0 Å². The first kappa shape index (κ1) is 9.91. The molecule has 0 saturated heterocycles. The summed E-state index contributed by atoms with van der Waals surface area (Å²) in [5.74, 6) is 2.52. The average Bonchev–Trinajstić information content (AvgIpc) is 1.41. The maximum atomic E-state index is 2.17. The molecule has 0 rings (SSSR count). The van der Waals surface area contributed by atoms with E-state index in [1.807, 2.05) is 11.8 Å². The zero-order valence-corrected chi connectivity index (χ0v) is 6.76. The van der Waals surface area contributed by atoms with Crippen LogP contribution in [0.1, 0.15) is 13.8 Å². The third-order valence-corrected chi connectivity index (χ3v) is 1.22. The van der Waals surface area contributed by atoms with E-state index >= 15 is 0 Å². The molecule has 0 saturated carbocycles. The molecule has 0 radical (unpaired) electrons. The molecule has 0 aliphatic heterocycles. The predicted molar refractivity (Wildman–Crippen MR) is 39.8 cm³/mol. The van der Waals surface area contributed by atoms with E-state index in [1.165, 1.54) is 11.5 Å². The number of rotatable bonds is 2.